The van der Waals surface area contributed by atoms with Crippen molar-refractivity contribution in [2.45, 2.75) is 6.54 Å². The fourth-order valence-corrected chi connectivity index (χ4v) is 4.17. The molecule has 4 heteroatoms. The van der Waals surface area contributed by atoms with Crippen molar-refractivity contribution in [3.63, 3.8) is 0 Å². The molecule has 0 atom stereocenters. The number of carbonyl (C=O) groups excluding carboxylic acids is 2. The molecule has 0 aliphatic rings. The van der Waals surface area contributed by atoms with Crippen LogP contribution in [0.5, 0.6) is 0 Å². The second-order valence-corrected chi connectivity index (χ2v) is 8.28. The zero-order valence-electron chi connectivity index (χ0n) is 19.1. The van der Waals surface area contributed by atoms with Crippen molar-refractivity contribution in [1.29, 1.82) is 0 Å². The summed E-state index contributed by atoms with van der Waals surface area (Å²) in [5.41, 5.74) is 2.51. The van der Waals surface area contributed by atoms with Crippen LogP contribution < -0.4 is 10.6 Å². The van der Waals surface area contributed by atoms with Gasteiger partial charge in [-0.3, -0.25) is 9.59 Å². The molecular formula is C31H24N2O2. The zero-order valence-corrected chi connectivity index (χ0v) is 19.1. The SMILES string of the molecule is O=C(NCc1ccccc1)/C(=C/c1cc2ccccc2c2ccccc12)NC(=O)c1ccccc1. The van der Waals surface area contributed by atoms with Crippen molar-refractivity contribution in [3.8, 4) is 0 Å². The largest absolute Gasteiger partial charge is 0.347 e. The van der Waals surface area contributed by atoms with Gasteiger partial charge in [0, 0.05) is 12.1 Å². The molecule has 35 heavy (non-hydrogen) atoms. The van der Waals surface area contributed by atoms with Crippen LogP contribution in [0.1, 0.15) is 21.5 Å². The van der Waals surface area contributed by atoms with Crippen LogP contribution in [0.3, 0.4) is 0 Å². The minimum Gasteiger partial charge on any atom is -0.347 e. The number of nitrogens with one attached hydrogen (secondary N) is 2. The van der Waals surface area contributed by atoms with E-state index in [-0.39, 0.29) is 17.5 Å². The van der Waals surface area contributed by atoms with Gasteiger partial charge in [-0.1, -0.05) is 97.1 Å². The number of rotatable bonds is 6. The number of fused-ring (bicyclic) bond motifs is 3. The number of benzene rings is 5. The summed E-state index contributed by atoms with van der Waals surface area (Å²) in [6, 6.07) is 36.9. The highest BCUT2D eigenvalue weighted by molar-refractivity contribution is 6.12. The molecule has 4 nitrogen and oxygen atoms in total. The smallest absolute Gasteiger partial charge is 0.268 e. The van der Waals surface area contributed by atoms with E-state index < -0.39 is 0 Å². The second kappa shape index (κ2) is 10.1. The van der Waals surface area contributed by atoms with Gasteiger partial charge in [0.2, 0.25) is 0 Å². The second-order valence-electron chi connectivity index (χ2n) is 8.28. The van der Waals surface area contributed by atoms with Gasteiger partial charge in [0.25, 0.3) is 11.8 Å². The van der Waals surface area contributed by atoms with Crippen molar-refractivity contribution < 1.29 is 9.59 Å². The topological polar surface area (TPSA) is 58.2 Å². The van der Waals surface area contributed by atoms with Gasteiger partial charge in [-0.2, -0.15) is 0 Å². The molecule has 0 bridgehead atoms. The molecule has 0 unspecified atom stereocenters. The predicted molar refractivity (Wildman–Crippen MR) is 142 cm³/mol. The summed E-state index contributed by atoms with van der Waals surface area (Å²) in [4.78, 5) is 26.3. The van der Waals surface area contributed by atoms with Gasteiger partial charge >= 0.3 is 0 Å². The third kappa shape index (κ3) is 4.97. The molecule has 0 aromatic heterocycles. The zero-order chi connectivity index (χ0) is 24.0. The third-order valence-corrected chi connectivity index (χ3v) is 5.92. The number of hydrogen-bond donors (Lipinski definition) is 2. The van der Waals surface area contributed by atoms with Crippen LogP contribution in [-0.4, -0.2) is 11.8 Å². The fraction of sp³-hybridized carbons (Fsp3) is 0.0323. The minimum atomic E-state index is -0.352. The standard InChI is InChI=1S/C31H24N2O2/c34-30(23-13-5-2-6-14-23)33-29(31(35)32-21-22-11-3-1-4-12-22)20-25-19-24-15-7-8-16-26(24)28-18-10-9-17-27(25)28/h1-20H,21H2,(H,32,35)(H,33,34)/b29-20-. The summed E-state index contributed by atoms with van der Waals surface area (Å²) < 4.78 is 0. The van der Waals surface area contributed by atoms with Crippen LogP contribution in [0.15, 0.2) is 121 Å². The number of carbonyl (C=O) groups is 2. The molecule has 5 aromatic carbocycles. The molecule has 170 valence electrons. The van der Waals surface area contributed by atoms with Crippen molar-refractivity contribution in [2.75, 3.05) is 0 Å². The van der Waals surface area contributed by atoms with E-state index in [2.05, 4.69) is 34.9 Å². The molecule has 0 fully saturated rings. The highest BCUT2D eigenvalue weighted by Gasteiger charge is 2.16. The summed E-state index contributed by atoms with van der Waals surface area (Å²) in [5.74, 6) is -0.688. The monoisotopic (exact) mass is 456 g/mol. The summed E-state index contributed by atoms with van der Waals surface area (Å²) in [6.07, 6.45) is 1.76. The molecule has 0 radical (unpaired) electrons. The number of hydrogen-bond acceptors (Lipinski definition) is 2. The highest BCUT2D eigenvalue weighted by Crippen LogP contribution is 2.30. The Kier molecular flexibility index (Phi) is 6.35. The van der Waals surface area contributed by atoms with Crippen LogP contribution >= 0.6 is 0 Å². The molecule has 0 heterocycles. The first kappa shape index (κ1) is 22.1. The van der Waals surface area contributed by atoms with Crippen LogP contribution in [0.4, 0.5) is 0 Å². The van der Waals surface area contributed by atoms with Crippen LogP contribution in [0.2, 0.25) is 0 Å². The first-order chi connectivity index (χ1) is 17.2. The molecule has 0 aliphatic heterocycles. The first-order valence-electron chi connectivity index (χ1n) is 11.5. The fourth-order valence-electron chi connectivity index (χ4n) is 4.17. The Morgan fingerprint density at radius 2 is 1.26 bits per heavy atom. The Labute approximate surface area is 203 Å². The Hall–Kier alpha value is -4.70. The van der Waals surface area contributed by atoms with Gasteiger partial charge in [-0.15, -0.1) is 0 Å². The average molecular weight is 457 g/mol. The molecule has 5 aromatic rings. The van der Waals surface area contributed by atoms with Crippen molar-refractivity contribution in [3.05, 3.63) is 138 Å². The van der Waals surface area contributed by atoms with Gasteiger partial charge in [-0.05, 0) is 56.9 Å². The van der Waals surface area contributed by atoms with Gasteiger partial charge in [-0.25, -0.2) is 0 Å². The average Bonchev–Trinajstić information content (AvgIpc) is 2.92. The molecule has 0 spiro atoms. The normalized spacial score (nSPS) is 11.4. The first-order valence-corrected chi connectivity index (χ1v) is 11.5. The Balaban J connectivity index is 1.56. The van der Waals surface area contributed by atoms with Crippen molar-refractivity contribution in [1.82, 2.24) is 10.6 Å². The van der Waals surface area contributed by atoms with Crippen molar-refractivity contribution in [2.24, 2.45) is 0 Å². The Morgan fingerprint density at radius 1 is 0.657 bits per heavy atom. The quantitative estimate of drug-likeness (QED) is 0.240. The van der Waals surface area contributed by atoms with Crippen LogP contribution in [0.25, 0.3) is 27.6 Å². The summed E-state index contributed by atoms with van der Waals surface area (Å²) in [6.45, 7) is 0.358. The minimum absolute atomic E-state index is 0.190. The molecule has 2 amide bonds. The van der Waals surface area contributed by atoms with E-state index in [4.69, 9.17) is 0 Å². The van der Waals surface area contributed by atoms with Gasteiger partial charge < -0.3 is 10.6 Å². The Bertz CT molecular complexity index is 1540. The molecule has 5 rings (SSSR count). The maximum Gasteiger partial charge on any atom is 0.268 e. The lowest BCUT2D eigenvalue weighted by molar-refractivity contribution is -0.117. The summed E-state index contributed by atoms with van der Waals surface area (Å²) in [7, 11) is 0. The lowest BCUT2D eigenvalue weighted by Gasteiger charge is -2.13. The molecule has 0 aliphatic carbocycles. The van der Waals surface area contributed by atoms with Crippen LogP contribution in [0, 0.1) is 0 Å². The lowest BCUT2D eigenvalue weighted by atomic mass is 9.96. The van der Waals surface area contributed by atoms with Crippen molar-refractivity contribution >= 4 is 39.4 Å². The van der Waals surface area contributed by atoms with E-state index in [1.165, 1.54) is 0 Å². The highest BCUT2D eigenvalue weighted by atomic mass is 16.2. The molecule has 2 N–H and O–H groups in total. The van der Waals surface area contributed by atoms with Gasteiger partial charge in [0.1, 0.15) is 5.70 Å². The van der Waals surface area contributed by atoms with E-state index >= 15 is 0 Å². The van der Waals surface area contributed by atoms with Crippen LogP contribution in [-0.2, 0) is 11.3 Å². The van der Waals surface area contributed by atoms with Gasteiger partial charge in [0.15, 0.2) is 0 Å². The third-order valence-electron chi connectivity index (χ3n) is 5.92. The summed E-state index contributed by atoms with van der Waals surface area (Å²) >= 11 is 0. The van der Waals surface area contributed by atoms with E-state index in [0.717, 1.165) is 32.7 Å². The molecule has 0 saturated carbocycles. The summed E-state index contributed by atoms with van der Waals surface area (Å²) in [5, 5.41) is 10.1. The van der Waals surface area contributed by atoms with E-state index in [0.29, 0.717) is 12.1 Å². The number of amides is 2. The van der Waals surface area contributed by atoms with E-state index in [9.17, 15) is 9.59 Å². The predicted octanol–water partition coefficient (Wildman–Crippen LogP) is 6.08. The maximum atomic E-state index is 13.3. The van der Waals surface area contributed by atoms with E-state index in [1.807, 2.05) is 66.7 Å². The van der Waals surface area contributed by atoms with E-state index in [1.54, 1.807) is 30.3 Å². The Morgan fingerprint density at radius 3 is 2.00 bits per heavy atom. The molecular weight excluding hydrogens is 432 g/mol. The van der Waals surface area contributed by atoms with Gasteiger partial charge in [0.05, 0.1) is 0 Å². The lowest BCUT2D eigenvalue weighted by Crippen LogP contribution is -2.34. The maximum absolute atomic E-state index is 13.3. The molecule has 0 saturated heterocycles.